The number of methoxy groups -OCH3 is 1. The summed E-state index contributed by atoms with van der Waals surface area (Å²) in [7, 11) is 0.998. The summed E-state index contributed by atoms with van der Waals surface area (Å²) >= 11 is 0. The maximum absolute atomic E-state index is 13.1. The average molecular weight is 271 g/mol. The minimum absolute atomic E-state index is 0.178. The predicted octanol–water partition coefficient (Wildman–Crippen LogP) is 1.15. The maximum Gasteiger partial charge on any atom is 0.320 e. The number of esters is 1. The molecule has 0 spiro atoms. The zero-order valence-electron chi connectivity index (χ0n) is 9.83. The summed E-state index contributed by atoms with van der Waals surface area (Å²) in [6, 6.07) is 2.63. The standard InChI is InChI=1S/C11H10FNO6/c1-19-11(16)8(10(14)15)5-6-4-7(12)2-3-9(6)13(17)18/h2-4,8H,5H2,1H3,(H,14,15). The summed E-state index contributed by atoms with van der Waals surface area (Å²) in [5.74, 6) is -4.92. The van der Waals surface area contributed by atoms with Crippen LogP contribution in [0, 0.1) is 21.8 Å². The molecule has 102 valence electrons. The number of benzene rings is 1. The summed E-state index contributed by atoms with van der Waals surface area (Å²) in [6.45, 7) is 0. The molecule has 0 saturated heterocycles. The summed E-state index contributed by atoms with van der Waals surface area (Å²) in [5.41, 5.74) is -0.626. The van der Waals surface area contributed by atoms with Crippen LogP contribution in [0.5, 0.6) is 0 Å². The van der Waals surface area contributed by atoms with E-state index in [1.54, 1.807) is 0 Å². The van der Waals surface area contributed by atoms with Crippen molar-refractivity contribution >= 4 is 17.6 Å². The van der Waals surface area contributed by atoms with E-state index in [9.17, 15) is 24.1 Å². The van der Waals surface area contributed by atoms with Gasteiger partial charge in [0.15, 0.2) is 5.92 Å². The Morgan fingerprint density at radius 1 is 1.53 bits per heavy atom. The Hall–Kier alpha value is -2.51. The summed E-state index contributed by atoms with van der Waals surface area (Å²) in [6.07, 6.45) is -0.518. The molecule has 7 nitrogen and oxygen atoms in total. The maximum atomic E-state index is 13.1. The second-order valence-electron chi connectivity index (χ2n) is 3.65. The van der Waals surface area contributed by atoms with Crippen molar-refractivity contribution in [2.45, 2.75) is 6.42 Å². The largest absolute Gasteiger partial charge is 0.481 e. The molecular weight excluding hydrogens is 261 g/mol. The summed E-state index contributed by atoms with van der Waals surface area (Å²) in [5, 5.41) is 19.6. The van der Waals surface area contributed by atoms with Crippen LogP contribution in [0.4, 0.5) is 10.1 Å². The molecule has 19 heavy (non-hydrogen) atoms. The number of ether oxygens (including phenoxy) is 1. The molecule has 0 radical (unpaired) electrons. The molecule has 1 N–H and O–H groups in total. The molecule has 1 aromatic carbocycles. The van der Waals surface area contributed by atoms with Gasteiger partial charge in [-0.25, -0.2) is 4.39 Å². The van der Waals surface area contributed by atoms with E-state index in [1.165, 1.54) is 0 Å². The lowest BCUT2D eigenvalue weighted by atomic mass is 9.98. The molecule has 0 aliphatic carbocycles. The van der Waals surface area contributed by atoms with E-state index in [2.05, 4.69) is 4.74 Å². The Kier molecular flexibility index (Phi) is 4.51. The van der Waals surface area contributed by atoms with Crippen molar-refractivity contribution in [2.24, 2.45) is 5.92 Å². The molecule has 0 fully saturated rings. The van der Waals surface area contributed by atoms with E-state index >= 15 is 0 Å². The van der Waals surface area contributed by atoms with E-state index in [4.69, 9.17) is 5.11 Å². The first-order valence-corrected chi connectivity index (χ1v) is 5.10. The quantitative estimate of drug-likeness (QED) is 0.372. The number of nitrogens with zero attached hydrogens (tertiary/aromatic N) is 1. The van der Waals surface area contributed by atoms with Gasteiger partial charge in [0.2, 0.25) is 0 Å². The lowest BCUT2D eigenvalue weighted by Crippen LogP contribution is -2.27. The van der Waals surface area contributed by atoms with Gasteiger partial charge >= 0.3 is 11.9 Å². The number of rotatable bonds is 5. The van der Waals surface area contributed by atoms with Crippen LogP contribution < -0.4 is 0 Å². The van der Waals surface area contributed by atoms with Crippen molar-refractivity contribution in [1.29, 1.82) is 0 Å². The smallest absolute Gasteiger partial charge is 0.320 e. The number of hydrogen-bond acceptors (Lipinski definition) is 5. The molecule has 1 rings (SSSR count). The van der Waals surface area contributed by atoms with Crippen LogP contribution in [-0.4, -0.2) is 29.1 Å². The van der Waals surface area contributed by atoms with E-state index < -0.39 is 40.7 Å². The van der Waals surface area contributed by atoms with E-state index in [0.717, 1.165) is 25.3 Å². The molecule has 1 unspecified atom stereocenters. The topological polar surface area (TPSA) is 107 Å². The van der Waals surface area contributed by atoms with Gasteiger partial charge in [0, 0.05) is 18.1 Å². The van der Waals surface area contributed by atoms with Crippen molar-refractivity contribution in [3.8, 4) is 0 Å². The second-order valence-corrected chi connectivity index (χ2v) is 3.65. The monoisotopic (exact) mass is 271 g/mol. The highest BCUT2D eigenvalue weighted by molar-refractivity contribution is 5.94. The number of carboxylic acids is 1. The number of halogens is 1. The molecule has 0 bridgehead atoms. The molecule has 1 atom stereocenters. The minimum atomic E-state index is -1.62. The Bertz CT molecular complexity index is 530. The third-order valence-corrected chi connectivity index (χ3v) is 2.45. The average Bonchev–Trinajstić information content (AvgIpc) is 2.34. The lowest BCUT2D eigenvalue weighted by molar-refractivity contribution is -0.385. The van der Waals surface area contributed by atoms with Crippen molar-refractivity contribution in [3.05, 3.63) is 39.7 Å². The number of nitro benzene ring substituents is 1. The van der Waals surface area contributed by atoms with Gasteiger partial charge in [-0.05, 0) is 12.1 Å². The zero-order chi connectivity index (χ0) is 14.6. The predicted molar refractivity (Wildman–Crippen MR) is 59.9 cm³/mol. The van der Waals surface area contributed by atoms with Gasteiger partial charge < -0.3 is 9.84 Å². The van der Waals surface area contributed by atoms with Crippen LogP contribution in [0.3, 0.4) is 0 Å². The van der Waals surface area contributed by atoms with Gasteiger partial charge in [-0.2, -0.15) is 0 Å². The van der Waals surface area contributed by atoms with Gasteiger partial charge in [-0.1, -0.05) is 0 Å². The molecule has 0 aromatic heterocycles. The van der Waals surface area contributed by atoms with E-state index in [-0.39, 0.29) is 5.56 Å². The highest BCUT2D eigenvalue weighted by Crippen LogP contribution is 2.23. The third kappa shape index (κ3) is 3.47. The number of carboxylic acid groups (broad SMARTS) is 1. The Balaban J connectivity index is 3.15. The highest BCUT2D eigenvalue weighted by atomic mass is 19.1. The molecule has 0 aliphatic rings. The molecular formula is C11H10FNO6. The van der Waals surface area contributed by atoms with Crippen molar-refractivity contribution in [3.63, 3.8) is 0 Å². The van der Waals surface area contributed by atoms with Gasteiger partial charge in [0.25, 0.3) is 5.69 Å². The highest BCUT2D eigenvalue weighted by Gasteiger charge is 2.30. The fraction of sp³-hybridized carbons (Fsp3) is 0.273. The van der Waals surface area contributed by atoms with Crippen molar-refractivity contribution in [2.75, 3.05) is 7.11 Å². The lowest BCUT2D eigenvalue weighted by Gasteiger charge is -2.10. The first-order chi connectivity index (χ1) is 8.86. The number of hydrogen-bond donors (Lipinski definition) is 1. The first kappa shape index (κ1) is 14.6. The van der Waals surface area contributed by atoms with E-state index in [1.807, 2.05) is 0 Å². The number of carbonyl (C=O) groups excluding carboxylic acids is 1. The molecule has 1 aromatic rings. The van der Waals surface area contributed by atoms with Crippen LogP contribution in [0.25, 0.3) is 0 Å². The molecule has 0 saturated carbocycles. The number of aliphatic carboxylic acids is 1. The van der Waals surface area contributed by atoms with E-state index in [0.29, 0.717) is 0 Å². The molecule has 0 heterocycles. The van der Waals surface area contributed by atoms with Gasteiger partial charge in [-0.3, -0.25) is 19.7 Å². The number of nitro groups is 1. The van der Waals surface area contributed by atoms with Crippen LogP contribution >= 0.6 is 0 Å². The van der Waals surface area contributed by atoms with Crippen molar-refractivity contribution < 1.29 is 28.7 Å². The van der Waals surface area contributed by atoms with Gasteiger partial charge in [-0.15, -0.1) is 0 Å². The SMILES string of the molecule is COC(=O)C(Cc1cc(F)ccc1[N+](=O)[O-])C(=O)O. The third-order valence-electron chi connectivity index (χ3n) is 2.45. The summed E-state index contributed by atoms with van der Waals surface area (Å²) in [4.78, 5) is 32.1. The number of carbonyl (C=O) groups is 2. The normalized spacial score (nSPS) is 11.7. The minimum Gasteiger partial charge on any atom is -0.481 e. The fourth-order valence-corrected chi connectivity index (χ4v) is 1.53. The Labute approximate surface area is 106 Å². The van der Waals surface area contributed by atoms with Crippen molar-refractivity contribution in [1.82, 2.24) is 0 Å². The summed E-state index contributed by atoms with van der Waals surface area (Å²) < 4.78 is 17.4. The van der Waals surface area contributed by atoms with Crippen LogP contribution in [0.15, 0.2) is 18.2 Å². The molecule has 0 amide bonds. The fourth-order valence-electron chi connectivity index (χ4n) is 1.53. The Morgan fingerprint density at radius 3 is 2.63 bits per heavy atom. The van der Waals surface area contributed by atoms with Crippen LogP contribution in [-0.2, 0) is 20.7 Å². The zero-order valence-corrected chi connectivity index (χ0v) is 9.83. The first-order valence-electron chi connectivity index (χ1n) is 5.10. The van der Waals surface area contributed by atoms with Gasteiger partial charge in [0.05, 0.1) is 12.0 Å². The Morgan fingerprint density at radius 2 is 2.16 bits per heavy atom. The molecule has 8 heteroatoms. The molecule has 0 aliphatic heterocycles. The van der Waals surface area contributed by atoms with Crippen LogP contribution in [0.2, 0.25) is 0 Å². The van der Waals surface area contributed by atoms with Crippen LogP contribution in [0.1, 0.15) is 5.56 Å². The van der Waals surface area contributed by atoms with Gasteiger partial charge in [0.1, 0.15) is 5.82 Å². The second kappa shape index (κ2) is 5.89.